The number of hydrogen-bond acceptors (Lipinski definition) is 6. The lowest BCUT2D eigenvalue weighted by atomic mass is 10.1. The van der Waals surface area contributed by atoms with Gasteiger partial charge in [-0.15, -0.1) is 0 Å². The van der Waals surface area contributed by atoms with E-state index in [-0.39, 0.29) is 0 Å². The Balaban J connectivity index is 1.91. The second kappa shape index (κ2) is 13.6. The Morgan fingerprint density at radius 3 is 1.32 bits per heavy atom. The Bertz CT molecular complexity index is 1600. The summed E-state index contributed by atoms with van der Waals surface area (Å²) in [4.78, 5) is 28.4. The van der Waals surface area contributed by atoms with E-state index in [2.05, 4.69) is 61.3 Å². The number of rotatable bonds is 8. The van der Waals surface area contributed by atoms with Crippen molar-refractivity contribution in [3.05, 3.63) is 142 Å². The molecule has 0 aromatic heterocycles. The van der Waals surface area contributed by atoms with Crippen LogP contribution >= 0.6 is 16.1 Å². The smallest absolute Gasteiger partial charge is 0.342 e. The van der Waals surface area contributed by atoms with Crippen LogP contribution in [0.5, 0.6) is 0 Å². The molecule has 44 heavy (non-hydrogen) atoms. The molecule has 4 aromatic carbocycles. The van der Waals surface area contributed by atoms with E-state index in [0.29, 0.717) is 10.6 Å². The molecule has 0 fully saturated rings. The fourth-order valence-corrected chi connectivity index (χ4v) is 11.0. The number of methoxy groups -OCH3 is 2. The van der Waals surface area contributed by atoms with Crippen LogP contribution in [-0.4, -0.2) is 26.2 Å². The lowest BCUT2D eigenvalue weighted by molar-refractivity contribution is -0.138. The third kappa shape index (κ3) is 5.93. The lowest BCUT2D eigenvalue weighted by Gasteiger charge is -2.37. The number of carbonyl (C=O) groups excluding carboxylic acids is 2. The largest absolute Gasteiger partial charge is 0.465 e. The van der Waals surface area contributed by atoms with Crippen LogP contribution in [0.4, 0.5) is 11.4 Å². The monoisotopic (exact) mass is 622 g/mol. The molecule has 0 spiro atoms. The van der Waals surface area contributed by atoms with E-state index in [0.717, 1.165) is 44.2 Å². The zero-order chi connectivity index (χ0) is 31.4. The Morgan fingerprint density at radius 1 is 0.568 bits per heavy atom. The molecule has 224 valence electrons. The minimum Gasteiger partial charge on any atom is -0.465 e. The highest BCUT2D eigenvalue weighted by Gasteiger charge is 2.44. The first-order valence-corrected chi connectivity index (χ1v) is 16.9. The summed E-state index contributed by atoms with van der Waals surface area (Å²) in [5.41, 5.74) is 6.20. The third-order valence-corrected chi connectivity index (χ3v) is 12.5. The standard InChI is InChI=1S/C36H36N2O4P2/c1-25-15-13-16-26(2)31(25)37-23-24-38(32-27(3)17-14-18-28(32)4)44(37)34(36(40)42-6)33(35(39)41-5)43(29-19-9-7-10-20-29)30-21-11-8-12-22-30/h7-24H,1-6H3/b34-33-. The van der Waals surface area contributed by atoms with Gasteiger partial charge in [0, 0.05) is 12.4 Å². The summed E-state index contributed by atoms with van der Waals surface area (Å²) in [6.45, 7) is 8.26. The highest BCUT2D eigenvalue weighted by atomic mass is 31.1. The normalized spacial score (nSPS) is 13.7. The summed E-state index contributed by atoms with van der Waals surface area (Å²) in [5, 5.41) is 2.46. The van der Waals surface area contributed by atoms with Crippen molar-refractivity contribution < 1.29 is 19.1 Å². The van der Waals surface area contributed by atoms with Gasteiger partial charge >= 0.3 is 11.9 Å². The van der Waals surface area contributed by atoms with E-state index in [1.54, 1.807) is 0 Å². The fraction of sp³-hybridized carbons (Fsp3) is 0.167. The van der Waals surface area contributed by atoms with Crippen LogP contribution in [0.1, 0.15) is 22.3 Å². The zero-order valence-electron chi connectivity index (χ0n) is 25.8. The van der Waals surface area contributed by atoms with Crippen molar-refractivity contribution in [2.24, 2.45) is 0 Å². The van der Waals surface area contributed by atoms with Crippen molar-refractivity contribution >= 4 is 50.1 Å². The molecule has 0 saturated heterocycles. The average Bonchev–Trinajstić information content (AvgIpc) is 3.44. The van der Waals surface area contributed by atoms with Crippen LogP contribution in [0.3, 0.4) is 0 Å². The molecule has 1 heterocycles. The van der Waals surface area contributed by atoms with E-state index in [4.69, 9.17) is 9.47 Å². The van der Waals surface area contributed by atoms with Crippen molar-refractivity contribution in [2.45, 2.75) is 27.7 Å². The van der Waals surface area contributed by atoms with Crippen LogP contribution in [-0.2, 0) is 19.1 Å². The van der Waals surface area contributed by atoms with Gasteiger partial charge in [-0.25, -0.2) is 9.59 Å². The van der Waals surface area contributed by atoms with Gasteiger partial charge in [-0.3, -0.25) is 0 Å². The molecule has 4 aromatic rings. The van der Waals surface area contributed by atoms with E-state index >= 15 is 0 Å². The first kappa shape index (κ1) is 31.2. The molecule has 5 rings (SSSR count). The van der Waals surface area contributed by atoms with Crippen molar-refractivity contribution in [2.75, 3.05) is 23.6 Å². The van der Waals surface area contributed by atoms with Gasteiger partial charge in [-0.05, 0) is 68.5 Å². The number of benzene rings is 4. The van der Waals surface area contributed by atoms with Crippen LogP contribution in [0.25, 0.3) is 0 Å². The number of anilines is 2. The minimum atomic E-state index is -1.71. The Morgan fingerprint density at radius 2 is 0.955 bits per heavy atom. The molecule has 6 nitrogen and oxygen atoms in total. The maximum absolute atomic E-state index is 14.3. The summed E-state index contributed by atoms with van der Waals surface area (Å²) in [6, 6.07) is 32.0. The summed E-state index contributed by atoms with van der Waals surface area (Å²) < 4.78 is 15.4. The van der Waals surface area contributed by atoms with Crippen molar-refractivity contribution in [3.63, 3.8) is 0 Å². The number of hydrogen-bond donors (Lipinski definition) is 0. The second-order valence-corrected chi connectivity index (χ2v) is 14.5. The molecule has 0 atom stereocenters. The SMILES string of the molecule is COC(=O)/C(=C(\C(=O)OC)P1N(c2c(C)cccc2C)C=CN1c1c(C)cccc1C)P(c1ccccc1)c1ccccc1. The van der Waals surface area contributed by atoms with Gasteiger partial charge in [0.05, 0.1) is 30.9 Å². The predicted octanol–water partition coefficient (Wildman–Crippen LogP) is 7.72. The predicted molar refractivity (Wildman–Crippen MR) is 183 cm³/mol. The minimum absolute atomic E-state index is 0.295. The van der Waals surface area contributed by atoms with Gasteiger partial charge in [0.2, 0.25) is 0 Å². The molecular weight excluding hydrogens is 586 g/mol. The molecule has 0 bridgehead atoms. The van der Waals surface area contributed by atoms with Crippen LogP contribution in [0, 0.1) is 27.7 Å². The Hall–Kier alpha value is -4.24. The summed E-state index contributed by atoms with van der Waals surface area (Å²) in [7, 11) is -0.494. The summed E-state index contributed by atoms with van der Waals surface area (Å²) in [6.07, 6.45) is 4.02. The van der Waals surface area contributed by atoms with Gasteiger partial charge in [0.25, 0.3) is 0 Å². The average molecular weight is 623 g/mol. The van der Waals surface area contributed by atoms with Gasteiger partial charge in [-0.2, -0.15) is 0 Å². The molecule has 0 N–H and O–H groups in total. The second-order valence-electron chi connectivity index (χ2n) is 10.4. The van der Waals surface area contributed by atoms with E-state index in [9.17, 15) is 9.59 Å². The molecular formula is C36H36N2O4P2. The van der Waals surface area contributed by atoms with E-state index in [1.807, 2.05) is 85.2 Å². The molecule has 0 saturated carbocycles. The fourth-order valence-electron chi connectivity index (χ4n) is 5.57. The summed E-state index contributed by atoms with van der Waals surface area (Å²) >= 11 is 0. The maximum atomic E-state index is 14.3. The number of ether oxygens (including phenoxy) is 2. The molecule has 1 aliphatic rings. The maximum Gasteiger partial charge on any atom is 0.342 e. The van der Waals surface area contributed by atoms with Gasteiger partial charge in [0.1, 0.15) is 13.5 Å². The topological polar surface area (TPSA) is 59.1 Å². The number of carbonyl (C=O) groups is 2. The molecule has 0 radical (unpaired) electrons. The van der Waals surface area contributed by atoms with E-state index in [1.165, 1.54) is 14.2 Å². The van der Waals surface area contributed by atoms with Gasteiger partial charge in [-0.1, -0.05) is 97.1 Å². The molecule has 0 unspecified atom stereocenters. The van der Waals surface area contributed by atoms with Gasteiger partial charge in [0.15, 0.2) is 0 Å². The number of para-hydroxylation sites is 2. The lowest BCUT2D eigenvalue weighted by Crippen LogP contribution is -2.27. The quantitative estimate of drug-likeness (QED) is 0.114. The highest BCUT2D eigenvalue weighted by molar-refractivity contribution is 7.79. The van der Waals surface area contributed by atoms with Crippen LogP contribution in [0.2, 0.25) is 0 Å². The van der Waals surface area contributed by atoms with Gasteiger partial charge < -0.3 is 18.8 Å². The Labute approximate surface area is 262 Å². The molecule has 8 heteroatoms. The van der Waals surface area contributed by atoms with E-state index < -0.39 is 28.1 Å². The number of nitrogens with zero attached hydrogens (tertiary/aromatic N) is 2. The molecule has 1 aliphatic heterocycles. The van der Waals surface area contributed by atoms with Crippen LogP contribution in [0.15, 0.2) is 120 Å². The zero-order valence-corrected chi connectivity index (χ0v) is 27.6. The number of esters is 2. The van der Waals surface area contributed by atoms with Crippen molar-refractivity contribution in [3.8, 4) is 0 Å². The Kier molecular flexibility index (Phi) is 9.64. The highest BCUT2D eigenvalue weighted by Crippen LogP contribution is 2.64. The van der Waals surface area contributed by atoms with Crippen molar-refractivity contribution in [1.29, 1.82) is 0 Å². The molecule has 0 aliphatic carbocycles. The van der Waals surface area contributed by atoms with Crippen molar-refractivity contribution in [1.82, 2.24) is 0 Å². The number of aryl methyl sites for hydroxylation is 4. The van der Waals surface area contributed by atoms with Crippen LogP contribution < -0.4 is 19.9 Å². The first-order chi connectivity index (χ1) is 21.3. The third-order valence-electron chi connectivity index (χ3n) is 7.53. The summed E-state index contributed by atoms with van der Waals surface area (Å²) in [5.74, 6) is -1.12. The first-order valence-electron chi connectivity index (χ1n) is 14.3. The molecule has 0 amide bonds.